The summed E-state index contributed by atoms with van der Waals surface area (Å²) in [4.78, 5) is 19.2. The second-order valence-corrected chi connectivity index (χ2v) is 6.74. The van der Waals surface area contributed by atoms with Gasteiger partial charge < -0.3 is 10.6 Å². The predicted octanol–water partition coefficient (Wildman–Crippen LogP) is 4.76. The van der Waals surface area contributed by atoms with Crippen molar-refractivity contribution < 1.29 is 0 Å². The van der Waals surface area contributed by atoms with Gasteiger partial charge in [-0.3, -0.25) is 14.9 Å². The number of guanidine groups is 1. The maximum Gasteiger partial charge on any atom is 0.234 e. The Hall–Kier alpha value is -2.90. The van der Waals surface area contributed by atoms with E-state index in [0.717, 1.165) is 17.1 Å². The Morgan fingerprint density at radius 2 is 1.89 bits per heavy atom. The average Bonchev–Trinajstić information content (AvgIpc) is 2.68. The normalized spacial score (nSPS) is 11.2. The molecule has 0 atom stereocenters. The maximum absolute atomic E-state index is 6.09. The summed E-state index contributed by atoms with van der Waals surface area (Å²) in [5.41, 5.74) is 2.41. The van der Waals surface area contributed by atoms with Crippen LogP contribution >= 0.6 is 23.2 Å². The molecule has 3 rings (SSSR count). The number of nitrogens with zero attached hydrogens (tertiary/aromatic N) is 5. The molecule has 0 bridgehead atoms. The molecule has 0 aliphatic heterocycles. The predicted molar refractivity (Wildman–Crippen MR) is 116 cm³/mol. The highest BCUT2D eigenvalue weighted by atomic mass is 35.5. The fraction of sp³-hybridized carbons (Fsp3) is 0.158. The maximum atomic E-state index is 6.09. The summed E-state index contributed by atoms with van der Waals surface area (Å²) in [5, 5.41) is 7.38. The molecule has 0 spiro atoms. The Labute approximate surface area is 173 Å². The van der Waals surface area contributed by atoms with Crippen molar-refractivity contribution in [3.05, 3.63) is 64.5 Å². The lowest BCUT2D eigenvalue weighted by Crippen LogP contribution is -2.34. The third-order valence-corrected chi connectivity index (χ3v) is 4.52. The van der Waals surface area contributed by atoms with E-state index >= 15 is 0 Å². The molecule has 0 saturated carbocycles. The van der Waals surface area contributed by atoms with Crippen LogP contribution in [-0.4, -0.2) is 35.0 Å². The lowest BCUT2D eigenvalue weighted by molar-refractivity contribution is 1.03. The van der Waals surface area contributed by atoms with Gasteiger partial charge in [-0.2, -0.15) is 4.98 Å². The number of nitrogens with one attached hydrogen (secondary N) is 2. The van der Waals surface area contributed by atoms with Crippen LogP contribution in [0.25, 0.3) is 0 Å². The van der Waals surface area contributed by atoms with E-state index in [0.29, 0.717) is 27.8 Å². The molecule has 2 N–H and O–H groups in total. The molecular formula is C19H19Cl2N7. The largest absolute Gasteiger partial charge is 0.339 e. The third-order valence-electron chi connectivity index (χ3n) is 3.78. The minimum atomic E-state index is 0.458. The molecule has 0 aliphatic rings. The molecule has 2 heterocycles. The van der Waals surface area contributed by atoms with Crippen molar-refractivity contribution in [2.75, 3.05) is 29.6 Å². The number of aryl methyl sites for hydroxylation is 1. The van der Waals surface area contributed by atoms with Crippen LogP contribution in [0.1, 0.15) is 5.69 Å². The van der Waals surface area contributed by atoms with E-state index in [2.05, 4.69) is 30.6 Å². The first-order valence-electron chi connectivity index (χ1n) is 8.41. The van der Waals surface area contributed by atoms with Crippen LogP contribution in [0.4, 0.5) is 23.1 Å². The van der Waals surface area contributed by atoms with Gasteiger partial charge in [-0.05, 0) is 37.3 Å². The van der Waals surface area contributed by atoms with Gasteiger partial charge in [0.15, 0.2) is 0 Å². The Morgan fingerprint density at radius 3 is 2.57 bits per heavy atom. The van der Waals surface area contributed by atoms with Crippen molar-refractivity contribution in [1.29, 1.82) is 0 Å². The van der Waals surface area contributed by atoms with Gasteiger partial charge in [0.1, 0.15) is 5.82 Å². The van der Waals surface area contributed by atoms with Gasteiger partial charge in [-0.1, -0.05) is 23.2 Å². The molecule has 7 nitrogen and oxygen atoms in total. The van der Waals surface area contributed by atoms with Crippen LogP contribution in [0.3, 0.4) is 0 Å². The molecule has 1 aromatic carbocycles. The van der Waals surface area contributed by atoms with E-state index < -0.39 is 0 Å². The fourth-order valence-corrected chi connectivity index (χ4v) is 2.74. The van der Waals surface area contributed by atoms with E-state index in [1.807, 2.05) is 38.2 Å². The topological polar surface area (TPSA) is 78.3 Å². The van der Waals surface area contributed by atoms with Crippen LogP contribution in [0, 0.1) is 6.92 Å². The summed E-state index contributed by atoms with van der Waals surface area (Å²) in [7, 11) is 3.51. The first-order chi connectivity index (χ1) is 13.5. The average molecular weight is 416 g/mol. The van der Waals surface area contributed by atoms with Crippen molar-refractivity contribution in [1.82, 2.24) is 15.0 Å². The highest BCUT2D eigenvalue weighted by Crippen LogP contribution is 2.25. The monoisotopic (exact) mass is 415 g/mol. The van der Waals surface area contributed by atoms with E-state index in [4.69, 9.17) is 23.2 Å². The smallest absolute Gasteiger partial charge is 0.234 e. The number of anilines is 4. The van der Waals surface area contributed by atoms with Gasteiger partial charge >= 0.3 is 0 Å². The van der Waals surface area contributed by atoms with Crippen LogP contribution in [0.2, 0.25) is 10.0 Å². The van der Waals surface area contributed by atoms with E-state index in [1.165, 1.54) is 0 Å². The minimum absolute atomic E-state index is 0.458. The molecule has 2 aromatic heterocycles. The van der Waals surface area contributed by atoms with Crippen molar-refractivity contribution in [3.63, 3.8) is 0 Å². The number of rotatable bonds is 4. The second kappa shape index (κ2) is 8.86. The van der Waals surface area contributed by atoms with Gasteiger partial charge in [0.25, 0.3) is 0 Å². The molecule has 0 amide bonds. The zero-order chi connectivity index (χ0) is 20.1. The third kappa shape index (κ3) is 4.88. The molecule has 0 radical (unpaired) electrons. The second-order valence-electron chi connectivity index (χ2n) is 5.92. The molecule has 0 fully saturated rings. The fourth-order valence-electron chi connectivity index (χ4n) is 2.44. The van der Waals surface area contributed by atoms with Gasteiger partial charge in [-0.15, -0.1) is 0 Å². The summed E-state index contributed by atoms with van der Waals surface area (Å²) in [6.45, 7) is 1.91. The van der Waals surface area contributed by atoms with Gasteiger partial charge in [0.2, 0.25) is 11.9 Å². The standard InChI is InChI=1S/C19H19Cl2N7/c1-12-9-17(25-14-5-4-8-23-11-14)27-19(24-12)28(3)18(22-2)26-13-6-7-15(20)16(21)10-13/h4-11H,1-3H3,(H,22,26)(H,24,25,27). The summed E-state index contributed by atoms with van der Waals surface area (Å²) in [5.74, 6) is 1.70. The molecule has 0 unspecified atom stereocenters. The Morgan fingerprint density at radius 1 is 1.07 bits per heavy atom. The lowest BCUT2D eigenvalue weighted by Gasteiger charge is -2.21. The van der Waals surface area contributed by atoms with Crippen molar-refractivity contribution in [2.24, 2.45) is 4.99 Å². The molecule has 28 heavy (non-hydrogen) atoms. The quantitative estimate of drug-likeness (QED) is 0.472. The van der Waals surface area contributed by atoms with Gasteiger partial charge in [0, 0.05) is 37.7 Å². The van der Waals surface area contributed by atoms with Crippen LogP contribution in [0.15, 0.2) is 53.8 Å². The van der Waals surface area contributed by atoms with Gasteiger partial charge in [-0.25, -0.2) is 4.98 Å². The highest BCUT2D eigenvalue weighted by molar-refractivity contribution is 6.42. The van der Waals surface area contributed by atoms with Crippen LogP contribution < -0.4 is 15.5 Å². The number of hydrogen-bond acceptors (Lipinski definition) is 5. The molecule has 3 aromatic rings. The summed E-state index contributed by atoms with van der Waals surface area (Å²) >= 11 is 12.1. The number of aromatic nitrogens is 3. The van der Waals surface area contributed by atoms with E-state index in [9.17, 15) is 0 Å². The minimum Gasteiger partial charge on any atom is -0.339 e. The van der Waals surface area contributed by atoms with Crippen molar-refractivity contribution in [3.8, 4) is 0 Å². The zero-order valence-corrected chi connectivity index (χ0v) is 17.1. The number of halogens is 2. The number of benzene rings is 1. The molecule has 0 aliphatic carbocycles. The molecule has 144 valence electrons. The van der Waals surface area contributed by atoms with Crippen LogP contribution in [-0.2, 0) is 0 Å². The molecule has 0 saturated heterocycles. The summed E-state index contributed by atoms with van der Waals surface area (Å²) < 4.78 is 0. The first kappa shape index (κ1) is 19.9. The summed E-state index contributed by atoms with van der Waals surface area (Å²) in [6, 6.07) is 10.9. The molecule has 9 heteroatoms. The van der Waals surface area contributed by atoms with E-state index in [1.54, 1.807) is 36.5 Å². The number of hydrogen-bond donors (Lipinski definition) is 2. The number of pyridine rings is 1. The SMILES string of the molecule is CN=C(Nc1ccc(Cl)c(Cl)c1)N(C)c1nc(C)cc(Nc2cccnc2)n1. The first-order valence-corrected chi connectivity index (χ1v) is 9.17. The highest BCUT2D eigenvalue weighted by Gasteiger charge is 2.14. The number of aliphatic imine (C=N–C) groups is 1. The van der Waals surface area contributed by atoms with Crippen LogP contribution in [0.5, 0.6) is 0 Å². The van der Waals surface area contributed by atoms with Gasteiger partial charge in [0.05, 0.1) is 21.9 Å². The van der Waals surface area contributed by atoms with Crippen molar-refractivity contribution in [2.45, 2.75) is 6.92 Å². The zero-order valence-electron chi connectivity index (χ0n) is 15.6. The Balaban J connectivity index is 1.83. The van der Waals surface area contributed by atoms with Crippen molar-refractivity contribution >= 4 is 52.3 Å². The van der Waals surface area contributed by atoms with E-state index in [-0.39, 0.29) is 0 Å². The Bertz CT molecular complexity index is 993. The Kier molecular flexibility index (Phi) is 6.28. The molecular weight excluding hydrogens is 397 g/mol. The lowest BCUT2D eigenvalue weighted by atomic mass is 10.3. The summed E-state index contributed by atoms with van der Waals surface area (Å²) in [6.07, 6.45) is 3.44.